The number of hydrogen-bond acceptors (Lipinski definition) is 2. The van der Waals surface area contributed by atoms with Gasteiger partial charge in [0.2, 0.25) is 0 Å². The molecule has 0 fully saturated rings. The molecule has 0 radical (unpaired) electrons. The molecule has 0 N–H and O–H groups in total. The van der Waals surface area contributed by atoms with Crippen molar-refractivity contribution in [3.05, 3.63) is 11.8 Å². The van der Waals surface area contributed by atoms with Crippen LogP contribution in [0.4, 0.5) is 0 Å². The molecule has 1 aliphatic heterocycles. The zero-order chi connectivity index (χ0) is 8.81. The van der Waals surface area contributed by atoms with Gasteiger partial charge in [0, 0.05) is 12.8 Å². The molecule has 0 aliphatic carbocycles. The lowest BCUT2D eigenvalue weighted by Gasteiger charge is -2.02. The highest BCUT2D eigenvalue weighted by molar-refractivity contribution is 7.80. The second-order valence-electron chi connectivity index (χ2n) is 3.16. The lowest BCUT2D eigenvalue weighted by Crippen LogP contribution is -1.91. The van der Waals surface area contributed by atoms with E-state index in [-0.39, 0.29) is 0 Å². The molecule has 0 amide bonds. The molecule has 0 aromatic heterocycles. The molecule has 0 saturated carbocycles. The van der Waals surface area contributed by atoms with Crippen LogP contribution < -0.4 is 0 Å². The van der Waals surface area contributed by atoms with Gasteiger partial charge in [0.1, 0.15) is 5.76 Å². The van der Waals surface area contributed by atoms with Gasteiger partial charge in [0.15, 0.2) is 5.05 Å². The molecule has 0 bridgehead atoms. The summed E-state index contributed by atoms with van der Waals surface area (Å²) in [6.45, 7) is 2.22. The zero-order valence-corrected chi connectivity index (χ0v) is 8.45. The van der Waals surface area contributed by atoms with Crippen molar-refractivity contribution in [2.75, 3.05) is 0 Å². The molecule has 0 aromatic carbocycles. The van der Waals surface area contributed by atoms with E-state index in [4.69, 9.17) is 17.0 Å². The number of ether oxygens (including phenoxy) is 1. The van der Waals surface area contributed by atoms with Crippen LogP contribution in [0.5, 0.6) is 0 Å². The van der Waals surface area contributed by atoms with Crippen molar-refractivity contribution in [2.45, 2.75) is 45.4 Å². The van der Waals surface area contributed by atoms with Crippen molar-refractivity contribution < 1.29 is 4.74 Å². The van der Waals surface area contributed by atoms with E-state index >= 15 is 0 Å². The number of hydrogen-bond donors (Lipinski definition) is 0. The van der Waals surface area contributed by atoms with Crippen LogP contribution in [0.15, 0.2) is 11.8 Å². The van der Waals surface area contributed by atoms with Gasteiger partial charge in [-0.25, -0.2) is 0 Å². The average Bonchev–Trinajstić information content (AvgIpc) is 2.45. The molecule has 0 aromatic rings. The monoisotopic (exact) mass is 184 g/mol. The van der Waals surface area contributed by atoms with Gasteiger partial charge in [0.05, 0.1) is 0 Å². The second kappa shape index (κ2) is 5.31. The van der Waals surface area contributed by atoms with Crippen LogP contribution in [0, 0.1) is 0 Å². The summed E-state index contributed by atoms with van der Waals surface area (Å²) < 4.78 is 5.33. The Kier molecular flexibility index (Phi) is 4.30. The zero-order valence-electron chi connectivity index (χ0n) is 7.64. The molecular formula is C10H16OS. The van der Waals surface area contributed by atoms with Crippen molar-refractivity contribution in [3.8, 4) is 0 Å². The molecule has 1 heterocycles. The highest BCUT2D eigenvalue weighted by Gasteiger charge is 2.09. The average molecular weight is 184 g/mol. The Hall–Kier alpha value is -0.370. The fourth-order valence-corrected chi connectivity index (χ4v) is 1.50. The van der Waals surface area contributed by atoms with Crippen molar-refractivity contribution in [1.82, 2.24) is 0 Å². The van der Waals surface area contributed by atoms with Crippen LogP contribution in [0.2, 0.25) is 0 Å². The first-order valence-electron chi connectivity index (χ1n) is 4.72. The van der Waals surface area contributed by atoms with Gasteiger partial charge >= 0.3 is 0 Å². The highest BCUT2D eigenvalue weighted by Crippen LogP contribution is 2.18. The Morgan fingerprint density at radius 1 is 1.42 bits per heavy atom. The third kappa shape index (κ3) is 3.35. The van der Waals surface area contributed by atoms with Crippen LogP contribution in [-0.4, -0.2) is 5.05 Å². The Balaban J connectivity index is 2.04. The van der Waals surface area contributed by atoms with Gasteiger partial charge in [-0.2, -0.15) is 0 Å². The topological polar surface area (TPSA) is 9.23 Å². The maximum Gasteiger partial charge on any atom is 0.170 e. The van der Waals surface area contributed by atoms with Crippen molar-refractivity contribution in [1.29, 1.82) is 0 Å². The molecule has 68 valence electrons. The summed E-state index contributed by atoms with van der Waals surface area (Å²) in [7, 11) is 0. The summed E-state index contributed by atoms with van der Waals surface area (Å²) in [4.78, 5) is 0. The molecule has 0 atom stereocenters. The number of rotatable bonds is 5. The SMILES string of the molecule is CCCCCCC1=CCC(=S)O1. The molecule has 12 heavy (non-hydrogen) atoms. The molecule has 2 heteroatoms. The summed E-state index contributed by atoms with van der Waals surface area (Å²) in [6, 6.07) is 0. The number of allylic oxidation sites excluding steroid dienone is 1. The Labute approximate surface area is 79.8 Å². The van der Waals surface area contributed by atoms with Gasteiger partial charge < -0.3 is 4.74 Å². The fourth-order valence-electron chi connectivity index (χ4n) is 1.31. The summed E-state index contributed by atoms with van der Waals surface area (Å²) in [5.41, 5.74) is 0. The van der Waals surface area contributed by atoms with E-state index in [0.717, 1.165) is 23.7 Å². The van der Waals surface area contributed by atoms with Gasteiger partial charge in [0.25, 0.3) is 0 Å². The van der Waals surface area contributed by atoms with Crippen molar-refractivity contribution in [3.63, 3.8) is 0 Å². The van der Waals surface area contributed by atoms with Crippen LogP contribution in [0.1, 0.15) is 45.4 Å². The van der Waals surface area contributed by atoms with E-state index in [1.165, 1.54) is 25.7 Å². The van der Waals surface area contributed by atoms with Crippen LogP contribution in [0.25, 0.3) is 0 Å². The first-order chi connectivity index (χ1) is 5.83. The molecule has 1 rings (SSSR count). The normalized spacial score (nSPS) is 16.1. The lowest BCUT2D eigenvalue weighted by atomic mass is 10.1. The van der Waals surface area contributed by atoms with Crippen molar-refractivity contribution in [2.24, 2.45) is 0 Å². The third-order valence-electron chi connectivity index (χ3n) is 2.02. The van der Waals surface area contributed by atoms with Crippen LogP contribution >= 0.6 is 12.2 Å². The van der Waals surface area contributed by atoms with Crippen LogP contribution in [0.3, 0.4) is 0 Å². The molecule has 1 aliphatic rings. The minimum Gasteiger partial charge on any atom is -0.455 e. The minimum absolute atomic E-state index is 0.737. The van der Waals surface area contributed by atoms with Gasteiger partial charge in [-0.15, -0.1) is 0 Å². The highest BCUT2D eigenvalue weighted by atomic mass is 32.1. The first-order valence-corrected chi connectivity index (χ1v) is 5.13. The predicted molar refractivity (Wildman–Crippen MR) is 55.1 cm³/mol. The van der Waals surface area contributed by atoms with Gasteiger partial charge in [-0.1, -0.05) is 26.2 Å². The number of unbranched alkanes of at least 4 members (excludes halogenated alkanes) is 3. The predicted octanol–water partition coefficient (Wildman–Crippen LogP) is 3.59. The van der Waals surface area contributed by atoms with Crippen molar-refractivity contribution >= 4 is 17.3 Å². The smallest absolute Gasteiger partial charge is 0.170 e. The first kappa shape index (κ1) is 9.72. The fraction of sp³-hybridized carbons (Fsp3) is 0.700. The number of thiocarbonyl (C=S) groups is 1. The summed E-state index contributed by atoms with van der Waals surface area (Å²) in [6.07, 6.45) is 9.19. The standard InChI is InChI=1S/C10H16OS/c1-2-3-4-5-6-9-7-8-10(12)11-9/h7H,2-6,8H2,1H3. The molecule has 1 nitrogen and oxygen atoms in total. The maximum atomic E-state index is 5.33. The minimum atomic E-state index is 0.737. The summed E-state index contributed by atoms with van der Waals surface area (Å²) >= 11 is 4.92. The van der Waals surface area contributed by atoms with E-state index in [0.29, 0.717) is 0 Å². The van der Waals surface area contributed by atoms with E-state index < -0.39 is 0 Å². The van der Waals surface area contributed by atoms with E-state index in [9.17, 15) is 0 Å². The Morgan fingerprint density at radius 3 is 2.83 bits per heavy atom. The molecule has 0 unspecified atom stereocenters. The molecule has 0 saturated heterocycles. The van der Waals surface area contributed by atoms with Crippen LogP contribution in [-0.2, 0) is 4.74 Å². The summed E-state index contributed by atoms with van der Waals surface area (Å²) in [5, 5.41) is 0.737. The maximum absolute atomic E-state index is 5.33. The molecular weight excluding hydrogens is 168 g/mol. The largest absolute Gasteiger partial charge is 0.455 e. The van der Waals surface area contributed by atoms with E-state index in [2.05, 4.69) is 13.0 Å². The second-order valence-corrected chi connectivity index (χ2v) is 3.61. The van der Waals surface area contributed by atoms with Gasteiger partial charge in [-0.3, -0.25) is 0 Å². The Morgan fingerprint density at radius 2 is 2.25 bits per heavy atom. The van der Waals surface area contributed by atoms with Gasteiger partial charge in [-0.05, 0) is 24.7 Å². The Bertz CT molecular complexity index is 184. The third-order valence-corrected chi connectivity index (χ3v) is 2.27. The summed E-state index contributed by atoms with van der Waals surface area (Å²) in [5.74, 6) is 1.09. The lowest BCUT2D eigenvalue weighted by molar-refractivity contribution is 0.406. The van der Waals surface area contributed by atoms with E-state index in [1.54, 1.807) is 0 Å². The molecule has 0 spiro atoms. The van der Waals surface area contributed by atoms with E-state index in [1.807, 2.05) is 0 Å². The quantitative estimate of drug-likeness (QED) is 0.477.